The summed E-state index contributed by atoms with van der Waals surface area (Å²) in [6.45, 7) is 0. The molecule has 1 aromatic heterocycles. The van der Waals surface area contributed by atoms with Crippen molar-refractivity contribution < 1.29 is 0 Å². The third-order valence-corrected chi connectivity index (χ3v) is 1.87. The molecule has 78 valence electrons. The minimum atomic E-state index is 0.715. The quantitative estimate of drug-likeness (QED) is 0.622. The third-order valence-electron chi connectivity index (χ3n) is 1.87. The van der Waals surface area contributed by atoms with Crippen LogP contribution in [0.1, 0.15) is 11.3 Å². The summed E-state index contributed by atoms with van der Waals surface area (Å²) in [6.07, 6.45) is 8.41. The van der Waals surface area contributed by atoms with E-state index in [2.05, 4.69) is 10.9 Å². The molecule has 0 aliphatic rings. The highest BCUT2D eigenvalue weighted by molar-refractivity contribution is 5.27. The molecular formula is C13H11N3. The van der Waals surface area contributed by atoms with E-state index in [0.29, 0.717) is 5.56 Å². The van der Waals surface area contributed by atoms with Crippen molar-refractivity contribution in [1.29, 1.82) is 5.26 Å². The Hall–Kier alpha value is -2.52. The van der Waals surface area contributed by atoms with Gasteiger partial charge in [0.25, 0.3) is 0 Å². The van der Waals surface area contributed by atoms with Gasteiger partial charge in [-0.05, 0) is 12.1 Å². The summed E-state index contributed by atoms with van der Waals surface area (Å²) in [6, 6.07) is 11.2. The first-order valence-electron chi connectivity index (χ1n) is 4.66. The summed E-state index contributed by atoms with van der Waals surface area (Å²) in [5, 5.41) is 8.29. The maximum Gasteiger partial charge on any atom is 0.111 e. The highest BCUT2D eigenvalue weighted by Crippen LogP contribution is 1.93. The maximum atomic E-state index is 8.29. The van der Waals surface area contributed by atoms with E-state index in [1.165, 1.54) is 0 Å². The van der Waals surface area contributed by atoms with Crippen LogP contribution in [-0.4, -0.2) is 9.55 Å². The Morgan fingerprint density at radius 1 is 1.31 bits per heavy atom. The van der Waals surface area contributed by atoms with E-state index in [-0.39, 0.29) is 0 Å². The Morgan fingerprint density at radius 2 is 2.00 bits per heavy atom. The summed E-state index contributed by atoms with van der Waals surface area (Å²) in [5.74, 6) is 2.48. The van der Waals surface area contributed by atoms with E-state index in [1.807, 2.05) is 31.3 Å². The van der Waals surface area contributed by atoms with Crippen LogP contribution in [0.2, 0.25) is 0 Å². The molecule has 0 amide bonds. The topological polar surface area (TPSA) is 41.6 Å². The maximum absolute atomic E-state index is 8.29. The Labute approximate surface area is 95.0 Å². The summed E-state index contributed by atoms with van der Waals surface area (Å²) in [4.78, 5) is 3.81. The predicted molar refractivity (Wildman–Crippen MR) is 62.3 cm³/mol. The van der Waals surface area contributed by atoms with Crippen molar-refractivity contribution in [1.82, 2.24) is 9.55 Å². The number of aryl methyl sites for hydroxylation is 1. The molecule has 0 spiro atoms. The lowest BCUT2D eigenvalue weighted by molar-refractivity contribution is 0.899. The number of rotatable bonds is 0. The highest BCUT2D eigenvalue weighted by Gasteiger charge is 1.87. The van der Waals surface area contributed by atoms with Gasteiger partial charge in [-0.25, -0.2) is 4.98 Å². The highest BCUT2D eigenvalue weighted by atomic mass is 15.0. The molecule has 0 fully saturated rings. The van der Waals surface area contributed by atoms with Crippen molar-refractivity contribution in [3.05, 3.63) is 54.1 Å². The van der Waals surface area contributed by atoms with Crippen LogP contribution in [0, 0.1) is 23.7 Å². The molecule has 16 heavy (non-hydrogen) atoms. The number of hydrogen-bond acceptors (Lipinski definition) is 2. The van der Waals surface area contributed by atoms with E-state index >= 15 is 0 Å². The van der Waals surface area contributed by atoms with Gasteiger partial charge in [0.1, 0.15) is 5.69 Å². The zero-order valence-corrected chi connectivity index (χ0v) is 8.96. The van der Waals surface area contributed by atoms with Crippen LogP contribution >= 0.6 is 0 Å². The van der Waals surface area contributed by atoms with E-state index in [1.54, 1.807) is 29.2 Å². The van der Waals surface area contributed by atoms with Gasteiger partial charge < -0.3 is 4.57 Å². The molecule has 0 aliphatic carbocycles. The Morgan fingerprint density at radius 3 is 2.31 bits per heavy atom. The Balaban J connectivity index is 0.000000160. The van der Waals surface area contributed by atoms with Crippen LogP contribution < -0.4 is 0 Å². The van der Waals surface area contributed by atoms with Gasteiger partial charge in [-0.3, -0.25) is 0 Å². The number of hydrogen-bond donors (Lipinski definition) is 0. The molecule has 3 nitrogen and oxygen atoms in total. The van der Waals surface area contributed by atoms with Crippen LogP contribution in [0.5, 0.6) is 0 Å². The molecule has 0 saturated carbocycles. The van der Waals surface area contributed by atoms with Crippen LogP contribution in [0.15, 0.2) is 42.9 Å². The number of aromatic nitrogens is 2. The lowest BCUT2D eigenvalue weighted by atomic mass is 10.2. The van der Waals surface area contributed by atoms with Gasteiger partial charge in [-0.1, -0.05) is 24.1 Å². The first-order chi connectivity index (χ1) is 7.77. The van der Waals surface area contributed by atoms with Crippen LogP contribution in [-0.2, 0) is 7.05 Å². The molecule has 0 radical (unpaired) electrons. The van der Waals surface area contributed by atoms with Gasteiger partial charge in [0.2, 0.25) is 0 Å². The molecule has 0 saturated heterocycles. The van der Waals surface area contributed by atoms with Crippen LogP contribution in [0.3, 0.4) is 0 Å². The van der Waals surface area contributed by atoms with Crippen molar-refractivity contribution in [2.75, 3.05) is 0 Å². The van der Waals surface area contributed by atoms with Crippen molar-refractivity contribution in [2.45, 2.75) is 0 Å². The SMILES string of the molecule is C#Cc1cncn1C.N#Cc1ccccc1. The molecule has 3 heteroatoms. The van der Waals surface area contributed by atoms with E-state index in [4.69, 9.17) is 11.7 Å². The second-order valence-corrected chi connectivity index (χ2v) is 3.01. The number of nitriles is 1. The number of nitrogens with zero attached hydrogens (tertiary/aromatic N) is 3. The second-order valence-electron chi connectivity index (χ2n) is 3.01. The van der Waals surface area contributed by atoms with Crippen molar-refractivity contribution in [2.24, 2.45) is 7.05 Å². The molecule has 0 aliphatic heterocycles. The van der Waals surface area contributed by atoms with Crippen molar-refractivity contribution >= 4 is 0 Å². The summed E-state index contributed by atoms with van der Waals surface area (Å²) < 4.78 is 1.79. The van der Waals surface area contributed by atoms with Gasteiger partial charge in [0.15, 0.2) is 0 Å². The fourth-order valence-corrected chi connectivity index (χ4v) is 1.01. The molecule has 1 heterocycles. The Kier molecular flexibility index (Phi) is 4.37. The largest absolute Gasteiger partial charge is 0.327 e. The number of benzene rings is 1. The second kappa shape index (κ2) is 6.06. The monoisotopic (exact) mass is 209 g/mol. The molecule has 1 aromatic carbocycles. The van der Waals surface area contributed by atoms with E-state index in [9.17, 15) is 0 Å². The summed E-state index contributed by atoms with van der Waals surface area (Å²) in [5.41, 5.74) is 1.53. The van der Waals surface area contributed by atoms with Gasteiger partial charge in [-0.2, -0.15) is 5.26 Å². The zero-order chi connectivity index (χ0) is 11.8. The lowest BCUT2D eigenvalue weighted by Crippen LogP contribution is -1.86. The molecule has 2 rings (SSSR count). The molecule has 2 aromatic rings. The molecular weight excluding hydrogens is 198 g/mol. The van der Waals surface area contributed by atoms with E-state index in [0.717, 1.165) is 5.69 Å². The van der Waals surface area contributed by atoms with Gasteiger partial charge in [0.05, 0.1) is 24.2 Å². The molecule has 0 atom stereocenters. The molecule has 0 N–H and O–H groups in total. The third kappa shape index (κ3) is 3.32. The smallest absolute Gasteiger partial charge is 0.111 e. The Bertz CT molecular complexity index is 512. The molecule has 0 unspecified atom stereocenters. The average molecular weight is 209 g/mol. The van der Waals surface area contributed by atoms with Crippen molar-refractivity contribution in [3.8, 4) is 18.4 Å². The zero-order valence-electron chi connectivity index (χ0n) is 8.96. The molecule has 0 bridgehead atoms. The standard InChI is InChI=1S/C7H5N.C6H6N2/c8-6-7-4-2-1-3-5-7;1-3-6-4-7-5-8(6)2/h1-5H;1,4-5H,2H3. The van der Waals surface area contributed by atoms with Gasteiger partial charge in [0, 0.05) is 7.05 Å². The average Bonchev–Trinajstić information content (AvgIpc) is 2.76. The minimum Gasteiger partial charge on any atom is -0.327 e. The summed E-state index contributed by atoms with van der Waals surface area (Å²) in [7, 11) is 1.86. The lowest BCUT2D eigenvalue weighted by Gasteiger charge is -1.86. The predicted octanol–water partition coefficient (Wildman–Crippen LogP) is 1.96. The van der Waals surface area contributed by atoms with Gasteiger partial charge >= 0.3 is 0 Å². The fraction of sp³-hybridized carbons (Fsp3) is 0.0769. The van der Waals surface area contributed by atoms with E-state index < -0.39 is 0 Å². The number of imidazole rings is 1. The van der Waals surface area contributed by atoms with Crippen LogP contribution in [0.25, 0.3) is 0 Å². The van der Waals surface area contributed by atoms with Crippen LogP contribution in [0.4, 0.5) is 0 Å². The minimum absolute atomic E-state index is 0.715. The normalized spacial score (nSPS) is 8.19. The first kappa shape index (κ1) is 11.6. The van der Waals surface area contributed by atoms with Gasteiger partial charge in [-0.15, -0.1) is 6.42 Å². The summed E-state index contributed by atoms with van der Waals surface area (Å²) >= 11 is 0. The first-order valence-corrected chi connectivity index (χ1v) is 4.66. The fourth-order valence-electron chi connectivity index (χ4n) is 1.01. The van der Waals surface area contributed by atoms with Crippen molar-refractivity contribution in [3.63, 3.8) is 0 Å². The number of terminal acetylenes is 1.